The summed E-state index contributed by atoms with van der Waals surface area (Å²) in [5.74, 6) is -1.81. The minimum Gasteiger partial charge on any atom is -0.480 e. The molecule has 13 heteroatoms. The number of pyridine rings is 1. The molecule has 4 bridgehead atoms. The molecule has 0 atom stereocenters. The Morgan fingerprint density at radius 1 is 1.21 bits per heavy atom. The average Bonchev–Trinajstić information content (AvgIpc) is 3.57. The van der Waals surface area contributed by atoms with Crippen molar-refractivity contribution in [1.29, 1.82) is 0 Å². The number of anilines is 1. The maximum atomic E-state index is 13.1. The van der Waals surface area contributed by atoms with Gasteiger partial charge in [0.2, 0.25) is 0 Å². The minimum absolute atomic E-state index is 0.0559. The number of fused-ring (bicyclic) bond motifs is 6. The van der Waals surface area contributed by atoms with Crippen LogP contribution in [0.4, 0.5) is 5.69 Å². The third-order valence-corrected chi connectivity index (χ3v) is 7.43. The van der Waals surface area contributed by atoms with Crippen molar-refractivity contribution in [2.24, 2.45) is 0 Å². The smallest absolute Gasteiger partial charge is 0.317 e. The topological polar surface area (TPSA) is 152 Å². The molecule has 200 valence electrons. The lowest BCUT2D eigenvalue weighted by atomic mass is 10.1. The summed E-state index contributed by atoms with van der Waals surface area (Å²) in [5, 5.41) is 21.9. The largest absolute Gasteiger partial charge is 0.480 e. The molecular formula is C25H29N7O5S. The Bertz CT molecular complexity index is 1320. The number of carboxylic acids is 1. The highest BCUT2D eigenvalue weighted by Gasteiger charge is 2.25. The van der Waals surface area contributed by atoms with Gasteiger partial charge < -0.3 is 20.5 Å². The van der Waals surface area contributed by atoms with Crippen LogP contribution in [0.1, 0.15) is 52.0 Å². The van der Waals surface area contributed by atoms with Gasteiger partial charge in [0.1, 0.15) is 10.7 Å². The Kier molecular flexibility index (Phi) is 8.05. The van der Waals surface area contributed by atoms with Crippen molar-refractivity contribution in [3.05, 3.63) is 47.0 Å². The Morgan fingerprint density at radius 3 is 2.87 bits per heavy atom. The zero-order valence-electron chi connectivity index (χ0n) is 20.8. The van der Waals surface area contributed by atoms with Gasteiger partial charge >= 0.3 is 5.97 Å². The SMILES string of the molecule is O=C(O)CN1CCCc2cc(ccn2)-c2nc(cs2)C(=O)Nc2cn(C3CCOCC3)nc2C(=O)NCC1. The first-order valence-corrected chi connectivity index (χ1v) is 13.5. The summed E-state index contributed by atoms with van der Waals surface area (Å²) in [7, 11) is 0. The monoisotopic (exact) mass is 539 g/mol. The fourth-order valence-corrected chi connectivity index (χ4v) is 5.39. The van der Waals surface area contributed by atoms with Crippen LogP contribution in [-0.2, 0) is 16.0 Å². The number of rotatable bonds is 3. The highest BCUT2D eigenvalue weighted by Crippen LogP contribution is 2.27. The van der Waals surface area contributed by atoms with E-state index in [1.807, 2.05) is 12.1 Å². The molecule has 5 rings (SSSR count). The maximum Gasteiger partial charge on any atom is 0.317 e. The standard InChI is InChI=1S/C25H29N7O5S/c33-21(34)14-31-8-1-2-17-12-16(3-6-26-17)25-29-20(15-38-25)23(35)28-19-13-32(18-4-10-37-11-5-18)30-22(19)24(36)27-7-9-31/h3,6,12-13,15,18H,1-2,4-5,7-11,14H2,(H,27,36)(H,28,35)(H,33,34). The van der Waals surface area contributed by atoms with Crippen molar-refractivity contribution in [3.63, 3.8) is 0 Å². The van der Waals surface area contributed by atoms with Crippen LogP contribution in [0, 0.1) is 0 Å². The fourth-order valence-electron chi connectivity index (χ4n) is 4.59. The lowest BCUT2D eigenvalue weighted by Gasteiger charge is -2.22. The highest BCUT2D eigenvalue weighted by atomic mass is 32.1. The second kappa shape index (κ2) is 11.8. The number of carboxylic acid groups (broad SMARTS) is 1. The van der Waals surface area contributed by atoms with Crippen molar-refractivity contribution in [2.75, 3.05) is 44.7 Å². The number of hydrogen-bond donors (Lipinski definition) is 3. The number of aromatic nitrogens is 4. The zero-order chi connectivity index (χ0) is 26.5. The first-order valence-electron chi connectivity index (χ1n) is 12.6. The summed E-state index contributed by atoms with van der Waals surface area (Å²) in [6.45, 7) is 2.19. The first-order chi connectivity index (χ1) is 18.5. The molecule has 5 heterocycles. The van der Waals surface area contributed by atoms with E-state index in [0.29, 0.717) is 49.8 Å². The molecule has 2 amide bonds. The summed E-state index contributed by atoms with van der Waals surface area (Å²) in [5.41, 5.74) is 2.36. The maximum absolute atomic E-state index is 13.1. The van der Waals surface area contributed by atoms with Crippen LogP contribution < -0.4 is 10.6 Å². The lowest BCUT2D eigenvalue weighted by Crippen LogP contribution is -2.38. The van der Waals surface area contributed by atoms with Gasteiger partial charge in [-0.25, -0.2) is 4.98 Å². The van der Waals surface area contributed by atoms with Crippen molar-refractivity contribution >= 4 is 34.8 Å². The van der Waals surface area contributed by atoms with E-state index in [4.69, 9.17) is 4.74 Å². The fraction of sp³-hybridized carbons (Fsp3) is 0.440. The Balaban J connectivity index is 1.45. The van der Waals surface area contributed by atoms with Gasteiger partial charge in [0.25, 0.3) is 11.8 Å². The number of carbonyl (C=O) groups is 3. The molecule has 0 radical (unpaired) electrons. The quantitative estimate of drug-likeness (QED) is 0.454. The molecule has 3 aromatic heterocycles. The van der Waals surface area contributed by atoms with Crippen LogP contribution in [0.3, 0.4) is 0 Å². The van der Waals surface area contributed by atoms with Gasteiger partial charge in [-0.3, -0.25) is 28.9 Å². The molecule has 3 aromatic rings. The van der Waals surface area contributed by atoms with Gasteiger partial charge in [-0.15, -0.1) is 11.3 Å². The minimum atomic E-state index is -0.932. The molecule has 1 fully saturated rings. The molecule has 2 aliphatic rings. The van der Waals surface area contributed by atoms with Crippen molar-refractivity contribution in [2.45, 2.75) is 31.7 Å². The van der Waals surface area contributed by atoms with E-state index in [0.717, 1.165) is 24.1 Å². The summed E-state index contributed by atoms with van der Waals surface area (Å²) in [6.07, 6.45) is 6.25. The number of aliphatic carboxylic acids is 1. The number of nitrogens with zero attached hydrogens (tertiary/aromatic N) is 5. The van der Waals surface area contributed by atoms with Crippen molar-refractivity contribution in [1.82, 2.24) is 30.0 Å². The molecule has 38 heavy (non-hydrogen) atoms. The van der Waals surface area contributed by atoms with E-state index in [1.165, 1.54) is 11.3 Å². The molecular weight excluding hydrogens is 510 g/mol. The average molecular weight is 540 g/mol. The van der Waals surface area contributed by atoms with Crippen LogP contribution in [0.5, 0.6) is 0 Å². The second-order valence-corrected chi connectivity index (χ2v) is 10.1. The molecule has 2 aliphatic heterocycles. The molecule has 0 unspecified atom stereocenters. The van der Waals surface area contributed by atoms with Gasteiger partial charge in [0.15, 0.2) is 5.69 Å². The van der Waals surface area contributed by atoms with Crippen LogP contribution in [0.2, 0.25) is 0 Å². The predicted octanol–water partition coefficient (Wildman–Crippen LogP) is 2.07. The number of ether oxygens (including phenoxy) is 1. The van der Waals surface area contributed by atoms with Gasteiger partial charge in [-0.2, -0.15) is 5.10 Å². The van der Waals surface area contributed by atoms with Crippen molar-refractivity contribution in [3.8, 4) is 10.6 Å². The number of amides is 2. The van der Waals surface area contributed by atoms with Gasteiger partial charge in [-0.1, -0.05) is 0 Å². The lowest BCUT2D eigenvalue weighted by molar-refractivity contribution is -0.138. The number of carbonyl (C=O) groups excluding carboxylic acids is 2. The summed E-state index contributed by atoms with van der Waals surface area (Å²) < 4.78 is 7.17. The highest BCUT2D eigenvalue weighted by molar-refractivity contribution is 7.13. The third-order valence-electron chi connectivity index (χ3n) is 6.54. The first kappa shape index (κ1) is 25.9. The van der Waals surface area contributed by atoms with E-state index >= 15 is 0 Å². The molecule has 0 spiro atoms. The van der Waals surface area contributed by atoms with Crippen molar-refractivity contribution < 1.29 is 24.2 Å². The van der Waals surface area contributed by atoms with Crippen LogP contribution in [0.25, 0.3) is 10.6 Å². The number of nitrogens with one attached hydrogen (secondary N) is 2. The second-order valence-electron chi connectivity index (χ2n) is 9.27. The summed E-state index contributed by atoms with van der Waals surface area (Å²) in [6, 6.07) is 3.85. The van der Waals surface area contributed by atoms with Crippen LogP contribution >= 0.6 is 11.3 Å². The molecule has 0 saturated carbocycles. The van der Waals surface area contributed by atoms with E-state index in [2.05, 4.69) is 25.7 Å². The van der Waals surface area contributed by atoms with Gasteiger partial charge in [-0.05, 0) is 44.4 Å². The molecule has 12 nitrogen and oxygen atoms in total. The van der Waals surface area contributed by atoms with Crippen LogP contribution in [0.15, 0.2) is 29.9 Å². The molecule has 3 N–H and O–H groups in total. The third kappa shape index (κ3) is 6.23. The Labute approximate surface area is 223 Å². The summed E-state index contributed by atoms with van der Waals surface area (Å²) >= 11 is 1.35. The zero-order valence-corrected chi connectivity index (χ0v) is 21.6. The molecule has 1 saturated heterocycles. The molecule has 0 aromatic carbocycles. The predicted molar refractivity (Wildman–Crippen MR) is 139 cm³/mol. The van der Waals surface area contributed by atoms with E-state index in [1.54, 1.807) is 27.4 Å². The Hall–Kier alpha value is -3.68. The van der Waals surface area contributed by atoms with Gasteiger partial charge in [0, 0.05) is 55.3 Å². The van der Waals surface area contributed by atoms with E-state index in [9.17, 15) is 19.5 Å². The summed E-state index contributed by atoms with van der Waals surface area (Å²) in [4.78, 5) is 48.4. The number of aryl methyl sites for hydroxylation is 1. The number of hydrogen-bond acceptors (Lipinski definition) is 9. The normalized spacial score (nSPS) is 18.1. The van der Waals surface area contributed by atoms with E-state index < -0.39 is 17.8 Å². The van der Waals surface area contributed by atoms with Gasteiger partial charge in [0.05, 0.1) is 18.3 Å². The number of thiazole rings is 1. The molecule has 0 aliphatic carbocycles. The van der Waals surface area contributed by atoms with Crippen LogP contribution in [-0.4, -0.2) is 86.9 Å². The Morgan fingerprint density at radius 2 is 2.05 bits per heavy atom. The van der Waals surface area contributed by atoms with E-state index in [-0.39, 0.29) is 30.5 Å².